The molecule has 0 spiro atoms. The van der Waals surface area contributed by atoms with Gasteiger partial charge >= 0.3 is 0 Å². The fraction of sp³-hybridized carbons (Fsp3) is 0.533. The first-order valence-corrected chi connectivity index (χ1v) is 8.02. The Morgan fingerprint density at radius 3 is 2.70 bits per heavy atom. The molecule has 0 radical (unpaired) electrons. The van der Waals surface area contributed by atoms with Crippen LogP contribution in [0.2, 0.25) is 5.02 Å². The van der Waals surface area contributed by atoms with E-state index in [2.05, 4.69) is 47.0 Å². The molecule has 0 bridgehead atoms. The molecule has 0 heterocycles. The van der Waals surface area contributed by atoms with E-state index in [1.165, 1.54) is 0 Å². The van der Waals surface area contributed by atoms with Gasteiger partial charge < -0.3 is 10.2 Å². The smallest absolute Gasteiger partial charge is 0.252 e. The largest absolute Gasteiger partial charge is 0.352 e. The number of nitrogens with zero attached hydrogens (tertiary/aromatic N) is 1. The molecule has 0 saturated carbocycles. The van der Waals surface area contributed by atoms with Gasteiger partial charge in [0, 0.05) is 22.1 Å². The fourth-order valence-corrected chi connectivity index (χ4v) is 2.58. The Bertz CT molecular complexity index is 451. The second-order valence-corrected chi connectivity index (χ2v) is 6.45. The highest BCUT2D eigenvalue weighted by Crippen LogP contribution is 2.21. The van der Waals surface area contributed by atoms with Crippen molar-refractivity contribution in [2.75, 3.05) is 20.1 Å². The first-order chi connectivity index (χ1) is 9.41. The number of hydrogen-bond donors (Lipinski definition) is 1. The molecule has 3 nitrogen and oxygen atoms in total. The average molecular weight is 362 g/mol. The van der Waals surface area contributed by atoms with Crippen molar-refractivity contribution >= 4 is 33.4 Å². The van der Waals surface area contributed by atoms with Gasteiger partial charge in [0.05, 0.1) is 5.56 Å². The number of carbonyl (C=O) groups excluding carboxylic acids is 1. The Kier molecular flexibility index (Phi) is 7.56. The van der Waals surface area contributed by atoms with Crippen LogP contribution in [0.25, 0.3) is 0 Å². The molecule has 5 heteroatoms. The van der Waals surface area contributed by atoms with Crippen LogP contribution in [-0.2, 0) is 0 Å². The SMILES string of the molecule is CC(C)N(C)CCCCNC(=O)c1ccc(Cl)cc1Br. The van der Waals surface area contributed by atoms with Crippen LogP contribution in [-0.4, -0.2) is 37.0 Å². The number of hydrogen-bond acceptors (Lipinski definition) is 2. The first kappa shape index (κ1) is 17.5. The van der Waals surface area contributed by atoms with Crippen LogP contribution >= 0.6 is 27.5 Å². The zero-order valence-corrected chi connectivity index (χ0v) is 14.6. The number of carbonyl (C=O) groups is 1. The summed E-state index contributed by atoms with van der Waals surface area (Å²) in [6.45, 7) is 6.11. The minimum atomic E-state index is -0.0641. The summed E-state index contributed by atoms with van der Waals surface area (Å²) in [5.41, 5.74) is 0.619. The summed E-state index contributed by atoms with van der Waals surface area (Å²) in [6, 6.07) is 5.75. The highest BCUT2D eigenvalue weighted by Gasteiger charge is 2.09. The Labute approximate surface area is 134 Å². The van der Waals surface area contributed by atoms with Crippen molar-refractivity contribution in [2.24, 2.45) is 0 Å². The third kappa shape index (κ3) is 5.81. The van der Waals surface area contributed by atoms with E-state index < -0.39 is 0 Å². The zero-order chi connectivity index (χ0) is 15.1. The number of nitrogens with one attached hydrogen (secondary N) is 1. The highest BCUT2D eigenvalue weighted by molar-refractivity contribution is 9.10. The van der Waals surface area contributed by atoms with Gasteiger partial charge in [-0.05, 0) is 74.4 Å². The van der Waals surface area contributed by atoms with Gasteiger partial charge in [0.15, 0.2) is 0 Å². The summed E-state index contributed by atoms with van der Waals surface area (Å²) in [5.74, 6) is -0.0641. The summed E-state index contributed by atoms with van der Waals surface area (Å²) >= 11 is 9.21. The predicted octanol–water partition coefficient (Wildman–Crippen LogP) is 3.95. The Morgan fingerprint density at radius 2 is 2.10 bits per heavy atom. The van der Waals surface area contributed by atoms with Crippen molar-refractivity contribution in [3.63, 3.8) is 0 Å². The van der Waals surface area contributed by atoms with E-state index in [0.29, 0.717) is 23.2 Å². The molecule has 0 aliphatic heterocycles. The molecule has 0 aromatic heterocycles. The summed E-state index contributed by atoms with van der Waals surface area (Å²) < 4.78 is 0.724. The third-order valence-electron chi connectivity index (χ3n) is 3.28. The molecule has 0 unspecified atom stereocenters. The summed E-state index contributed by atoms with van der Waals surface area (Å²) in [5, 5.41) is 3.55. The summed E-state index contributed by atoms with van der Waals surface area (Å²) in [7, 11) is 2.12. The van der Waals surface area contributed by atoms with Crippen LogP contribution < -0.4 is 5.32 Å². The number of unbranched alkanes of at least 4 members (excludes halogenated alkanes) is 1. The standard InChI is InChI=1S/C15H22BrClN2O/c1-11(2)19(3)9-5-4-8-18-15(20)13-7-6-12(17)10-14(13)16/h6-7,10-11H,4-5,8-9H2,1-3H3,(H,18,20). The second-order valence-electron chi connectivity index (χ2n) is 5.16. The van der Waals surface area contributed by atoms with E-state index in [1.54, 1.807) is 18.2 Å². The van der Waals surface area contributed by atoms with Crippen LogP contribution in [0, 0.1) is 0 Å². The number of amides is 1. The maximum Gasteiger partial charge on any atom is 0.252 e. The molecule has 1 aromatic carbocycles. The van der Waals surface area contributed by atoms with Crippen LogP contribution in [0.1, 0.15) is 37.0 Å². The predicted molar refractivity (Wildman–Crippen MR) is 88.5 cm³/mol. The van der Waals surface area contributed by atoms with Gasteiger partial charge in [-0.1, -0.05) is 11.6 Å². The molecular formula is C15H22BrClN2O. The molecule has 0 atom stereocenters. The lowest BCUT2D eigenvalue weighted by Crippen LogP contribution is -2.29. The number of halogens is 2. The first-order valence-electron chi connectivity index (χ1n) is 6.85. The lowest BCUT2D eigenvalue weighted by atomic mass is 10.2. The van der Waals surface area contributed by atoms with Crippen LogP contribution in [0.3, 0.4) is 0 Å². The van der Waals surface area contributed by atoms with Crippen molar-refractivity contribution in [1.29, 1.82) is 0 Å². The third-order valence-corrected chi connectivity index (χ3v) is 4.17. The van der Waals surface area contributed by atoms with Crippen LogP contribution in [0.5, 0.6) is 0 Å². The molecule has 1 rings (SSSR count). The van der Waals surface area contributed by atoms with Gasteiger partial charge in [0.25, 0.3) is 5.91 Å². The fourth-order valence-electron chi connectivity index (χ4n) is 1.72. The molecule has 1 N–H and O–H groups in total. The topological polar surface area (TPSA) is 32.3 Å². The van der Waals surface area contributed by atoms with Crippen LogP contribution in [0.4, 0.5) is 0 Å². The Balaban J connectivity index is 2.30. The molecule has 0 aliphatic rings. The second kappa shape index (κ2) is 8.65. The number of benzene rings is 1. The van der Waals surface area contributed by atoms with Gasteiger partial charge in [-0.3, -0.25) is 4.79 Å². The van der Waals surface area contributed by atoms with E-state index in [9.17, 15) is 4.79 Å². The Hall–Kier alpha value is -0.580. The van der Waals surface area contributed by atoms with Gasteiger partial charge in [0.1, 0.15) is 0 Å². The molecular weight excluding hydrogens is 340 g/mol. The average Bonchev–Trinajstić information content (AvgIpc) is 2.37. The van der Waals surface area contributed by atoms with Gasteiger partial charge in [-0.2, -0.15) is 0 Å². The van der Waals surface area contributed by atoms with Gasteiger partial charge in [-0.15, -0.1) is 0 Å². The molecule has 1 amide bonds. The quantitative estimate of drug-likeness (QED) is 0.746. The summed E-state index contributed by atoms with van der Waals surface area (Å²) in [4.78, 5) is 14.3. The summed E-state index contributed by atoms with van der Waals surface area (Å²) in [6.07, 6.45) is 2.06. The molecule has 1 aromatic rings. The Morgan fingerprint density at radius 1 is 1.40 bits per heavy atom. The maximum absolute atomic E-state index is 12.0. The minimum Gasteiger partial charge on any atom is -0.352 e. The van der Waals surface area contributed by atoms with E-state index >= 15 is 0 Å². The molecule has 0 saturated heterocycles. The zero-order valence-electron chi connectivity index (χ0n) is 12.2. The van der Waals surface area contributed by atoms with E-state index in [-0.39, 0.29) is 5.91 Å². The highest BCUT2D eigenvalue weighted by atomic mass is 79.9. The molecule has 112 valence electrons. The van der Waals surface area contributed by atoms with E-state index in [0.717, 1.165) is 23.9 Å². The number of rotatable bonds is 7. The van der Waals surface area contributed by atoms with E-state index in [4.69, 9.17) is 11.6 Å². The normalized spacial score (nSPS) is 11.2. The van der Waals surface area contributed by atoms with Gasteiger partial charge in [0.2, 0.25) is 0 Å². The minimum absolute atomic E-state index is 0.0641. The molecule has 0 fully saturated rings. The molecule has 20 heavy (non-hydrogen) atoms. The van der Waals surface area contributed by atoms with Crippen molar-refractivity contribution in [1.82, 2.24) is 10.2 Å². The van der Waals surface area contributed by atoms with Crippen molar-refractivity contribution in [2.45, 2.75) is 32.7 Å². The van der Waals surface area contributed by atoms with Crippen molar-refractivity contribution < 1.29 is 4.79 Å². The maximum atomic E-state index is 12.0. The van der Waals surface area contributed by atoms with Crippen molar-refractivity contribution in [3.05, 3.63) is 33.3 Å². The lowest BCUT2D eigenvalue weighted by molar-refractivity contribution is 0.0951. The monoisotopic (exact) mass is 360 g/mol. The molecule has 0 aliphatic carbocycles. The van der Waals surface area contributed by atoms with Crippen molar-refractivity contribution in [3.8, 4) is 0 Å². The lowest BCUT2D eigenvalue weighted by Gasteiger charge is -2.20. The van der Waals surface area contributed by atoms with E-state index in [1.807, 2.05) is 0 Å². The van der Waals surface area contributed by atoms with Gasteiger partial charge in [-0.25, -0.2) is 0 Å². The van der Waals surface area contributed by atoms with Crippen LogP contribution in [0.15, 0.2) is 22.7 Å².